The first-order valence-corrected chi connectivity index (χ1v) is 4.65. The molecule has 1 aliphatic rings. The number of hydrogen-bond acceptors (Lipinski definition) is 3. The molecule has 1 heterocycles. The molecule has 0 aliphatic carbocycles. The second kappa shape index (κ2) is 3.96. The second-order valence-corrected chi connectivity index (χ2v) is 3.63. The minimum atomic E-state index is -0.897. The van der Waals surface area contributed by atoms with Crippen molar-refractivity contribution in [3.63, 3.8) is 0 Å². The molecule has 0 radical (unpaired) electrons. The quantitative estimate of drug-likeness (QED) is 0.364. The molecule has 1 rings (SSSR count). The van der Waals surface area contributed by atoms with Crippen molar-refractivity contribution >= 4 is 28.8 Å². The van der Waals surface area contributed by atoms with Crippen LogP contribution in [0.5, 0.6) is 0 Å². The van der Waals surface area contributed by atoms with Crippen LogP contribution in [-0.2, 0) is 9.59 Å². The summed E-state index contributed by atoms with van der Waals surface area (Å²) in [6.45, 7) is 4.14. The summed E-state index contributed by atoms with van der Waals surface area (Å²) in [5, 5.41) is -0.897. The zero-order valence-electron chi connectivity index (χ0n) is 7.99. The highest BCUT2D eigenvalue weighted by molar-refractivity contribution is 6.65. The van der Waals surface area contributed by atoms with Gasteiger partial charge in [0.25, 0.3) is 0 Å². The number of rotatable bonds is 1. The van der Waals surface area contributed by atoms with E-state index in [2.05, 4.69) is 0 Å². The lowest BCUT2D eigenvalue weighted by Crippen LogP contribution is -2.56. The predicted molar refractivity (Wildman–Crippen MR) is 49.8 cm³/mol. The second-order valence-electron chi connectivity index (χ2n) is 3.30. The van der Waals surface area contributed by atoms with Gasteiger partial charge in [-0.1, -0.05) is 0 Å². The van der Waals surface area contributed by atoms with E-state index >= 15 is 0 Å². The van der Waals surface area contributed by atoms with E-state index in [4.69, 9.17) is 11.6 Å². The maximum atomic E-state index is 11.4. The Morgan fingerprint density at radius 2 is 1.86 bits per heavy atom. The minimum Gasteiger partial charge on any atom is -0.330 e. The van der Waals surface area contributed by atoms with Crippen molar-refractivity contribution in [3.05, 3.63) is 0 Å². The molecule has 0 saturated carbocycles. The van der Waals surface area contributed by atoms with Gasteiger partial charge in [-0.15, -0.1) is 0 Å². The lowest BCUT2D eigenvalue weighted by Gasteiger charge is -2.33. The number of imide groups is 1. The van der Waals surface area contributed by atoms with Crippen molar-refractivity contribution in [2.75, 3.05) is 13.1 Å². The van der Waals surface area contributed by atoms with Crippen LogP contribution in [0.25, 0.3) is 0 Å². The van der Waals surface area contributed by atoms with Crippen molar-refractivity contribution in [2.24, 2.45) is 0 Å². The molecule has 1 aliphatic heterocycles. The predicted octanol–water partition coefficient (Wildman–Crippen LogP) is 0.424. The zero-order valence-corrected chi connectivity index (χ0v) is 8.74. The highest BCUT2D eigenvalue weighted by Gasteiger charge is 2.36. The summed E-state index contributed by atoms with van der Waals surface area (Å²) in [5.74, 6) is -1.51. The van der Waals surface area contributed by atoms with Gasteiger partial charge in [0.05, 0.1) is 0 Å². The molecule has 0 spiro atoms. The van der Waals surface area contributed by atoms with Crippen LogP contribution in [0.1, 0.15) is 13.8 Å². The van der Waals surface area contributed by atoms with E-state index in [0.29, 0.717) is 6.54 Å². The largest absolute Gasteiger partial charge is 0.330 e. The van der Waals surface area contributed by atoms with E-state index in [0.717, 1.165) is 4.90 Å². The molecule has 78 valence electrons. The van der Waals surface area contributed by atoms with Crippen LogP contribution in [-0.4, -0.2) is 46.1 Å². The van der Waals surface area contributed by atoms with Gasteiger partial charge >= 0.3 is 17.2 Å². The van der Waals surface area contributed by atoms with Gasteiger partial charge in [-0.2, -0.15) is 0 Å². The summed E-state index contributed by atoms with van der Waals surface area (Å²) in [5.41, 5.74) is 0. The van der Waals surface area contributed by atoms with E-state index in [9.17, 15) is 14.4 Å². The Bertz CT molecular complexity index is 290. The van der Waals surface area contributed by atoms with Crippen LogP contribution in [0, 0.1) is 0 Å². The molecule has 0 unspecified atom stereocenters. The maximum Gasteiger partial charge on any atom is 0.323 e. The molecular weight excluding hydrogens is 208 g/mol. The van der Waals surface area contributed by atoms with E-state index in [1.165, 1.54) is 4.90 Å². The van der Waals surface area contributed by atoms with Gasteiger partial charge in [-0.25, -0.2) is 0 Å². The molecule has 0 aromatic heterocycles. The number of amides is 3. The number of halogens is 1. The molecule has 0 atom stereocenters. The minimum absolute atomic E-state index is 0.0426. The van der Waals surface area contributed by atoms with E-state index in [1.54, 1.807) is 0 Å². The smallest absolute Gasteiger partial charge is 0.323 e. The van der Waals surface area contributed by atoms with Crippen LogP contribution >= 0.6 is 11.6 Å². The summed E-state index contributed by atoms with van der Waals surface area (Å²) in [7, 11) is 0. The van der Waals surface area contributed by atoms with Crippen molar-refractivity contribution in [2.45, 2.75) is 19.9 Å². The first kappa shape index (κ1) is 11.0. The van der Waals surface area contributed by atoms with E-state index in [1.807, 2.05) is 13.8 Å². The highest BCUT2D eigenvalue weighted by Crippen LogP contribution is 2.10. The molecule has 3 amide bonds. The summed E-state index contributed by atoms with van der Waals surface area (Å²) < 4.78 is 0. The fourth-order valence-corrected chi connectivity index (χ4v) is 1.47. The van der Waals surface area contributed by atoms with Crippen LogP contribution in [0.3, 0.4) is 0 Å². The first-order valence-electron chi connectivity index (χ1n) is 4.27. The summed E-state index contributed by atoms with van der Waals surface area (Å²) in [4.78, 5) is 35.6. The molecule has 14 heavy (non-hydrogen) atoms. The molecule has 0 aromatic rings. The molecule has 0 N–H and O–H groups in total. The Morgan fingerprint density at radius 3 is 2.29 bits per heavy atom. The fraction of sp³-hybridized carbons (Fsp3) is 0.625. The van der Waals surface area contributed by atoms with Crippen LogP contribution < -0.4 is 0 Å². The molecule has 6 heteroatoms. The van der Waals surface area contributed by atoms with Gasteiger partial charge in [0, 0.05) is 19.1 Å². The molecule has 5 nitrogen and oxygen atoms in total. The average Bonchev–Trinajstić information content (AvgIpc) is 2.08. The Balaban J connectivity index is 2.80. The SMILES string of the molecule is CC(C)N1CCN(C(=O)Cl)C(=O)C1=O. The van der Waals surface area contributed by atoms with Gasteiger partial charge in [0.2, 0.25) is 0 Å². The van der Waals surface area contributed by atoms with E-state index in [-0.39, 0.29) is 12.6 Å². The molecular formula is C8H11ClN2O3. The van der Waals surface area contributed by atoms with Crippen LogP contribution in [0.15, 0.2) is 0 Å². The number of carbonyl (C=O) groups is 3. The number of nitrogens with zero attached hydrogens (tertiary/aromatic N) is 2. The molecule has 1 saturated heterocycles. The summed E-state index contributed by atoms with van der Waals surface area (Å²) >= 11 is 5.14. The molecule has 0 aromatic carbocycles. The lowest BCUT2D eigenvalue weighted by atomic mass is 10.2. The van der Waals surface area contributed by atoms with Crippen LogP contribution in [0.4, 0.5) is 4.79 Å². The monoisotopic (exact) mass is 218 g/mol. The van der Waals surface area contributed by atoms with Crippen molar-refractivity contribution < 1.29 is 14.4 Å². The topological polar surface area (TPSA) is 57.7 Å². The maximum absolute atomic E-state index is 11.4. The van der Waals surface area contributed by atoms with Gasteiger partial charge < -0.3 is 4.90 Å². The average molecular weight is 219 g/mol. The Morgan fingerprint density at radius 1 is 1.29 bits per heavy atom. The standard InChI is InChI=1S/C8H11ClN2O3/c1-5(2)10-3-4-11(8(9)14)7(13)6(10)12/h5H,3-4H2,1-2H3. The van der Waals surface area contributed by atoms with Gasteiger partial charge in [0.1, 0.15) is 0 Å². The Kier molecular flexibility index (Phi) is 3.10. The van der Waals surface area contributed by atoms with Gasteiger partial charge in [-0.3, -0.25) is 19.3 Å². The van der Waals surface area contributed by atoms with Crippen molar-refractivity contribution in [1.82, 2.24) is 9.80 Å². The number of carbonyl (C=O) groups excluding carboxylic acids is 3. The highest BCUT2D eigenvalue weighted by atomic mass is 35.5. The fourth-order valence-electron chi connectivity index (χ4n) is 1.31. The van der Waals surface area contributed by atoms with Gasteiger partial charge in [0.15, 0.2) is 0 Å². The number of hydrogen-bond donors (Lipinski definition) is 0. The molecule has 0 bridgehead atoms. The summed E-state index contributed by atoms with van der Waals surface area (Å²) in [6, 6.07) is -0.0426. The number of piperazine rings is 1. The zero-order chi connectivity index (χ0) is 10.9. The van der Waals surface area contributed by atoms with E-state index < -0.39 is 17.2 Å². The Hall–Kier alpha value is -1.10. The third-order valence-electron chi connectivity index (χ3n) is 2.09. The lowest BCUT2D eigenvalue weighted by molar-refractivity contribution is -0.154. The van der Waals surface area contributed by atoms with Gasteiger partial charge in [-0.05, 0) is 25.4 Å². The molecule has 1 fully saturated rings. The van der Waals surface area contributed by atoms with Crippen LogP contribution in [0.2, 0.25) is 0 Å². The third-order valence-corrected chi connectivity index (χ3v) is 2.29. The normalized spacial score (nSPS) is 18.0. The summed E-state index contributed by atoms with van der Waals surface area (Å²) in [6.07, 6.45) is 0. The van der Waals surface area contributed by atoms with Crippen molar-refractivity contribution in [3.8, 4) is 0 Å². The van der Waals surface area contributed by atoms with Crippen molar-refractivity contribution in [1.29, 1.82) is 0 Å². The Labute approximate surface area is 86.6 Å². The first-order chi connectivity index (χ1) is 6.45. The third kappa shape index (κ3) is 1.87.